The summed E-state index contributed by atoms with van der Waals surface area (Å²) >= 11 is 12.7. The topological polar surface area (TPSA) is 72.3 Å². The molecule has 218 valence electrons. The van der Waals surface area contributed by atoms with Gasteiger partial charge in [0.15, 0.2) is 5.78 Å². The van der Waals surface area contributed by atoms with E-state index in [1.807, 2.05) is 29.0 Å². The molecule has 0 unspecified atom stereocenters. The molecule has 4 aromatic carbocycles. The number of hydrogen-bond donors (Lipinski definition) is 0. The van der Waals surface area contributed by atoms with Gasteiger partial charge in [-0.15, -0.1) is 0 Å². The van der Waals surface area contributed by atoms with Gasteiger partial charge < -0.3 is 4.57 Å². The van der Waals surface area contributed by atoms with Crippen molar-refractivity contribution in [3.05, 3.63) is 124 Å². The van der Waals surface area contributed by atoms with E-state index >= 15 is 0 Å². The largest absolute Gasteiger partial charge is 0.303 e. The van der Waals surface area contributed by atoms with Crippen LogP contribution in [0.5, 0.6) is 0 Å². The number of hydrogen-bond acceptors (Lipinski definition) is 4. The third-order valence-corrected chi connectivity index (χ3v) is 9.85. The number of aromatic nitrogens is 2. The Morgan fingerprint density at radius 2 is 1.58 bits per heavy atom. The van der Waals surface area contributed by atoms with Crippen molar-refractivity contribution in [3.8, 4) is 28.1 Å². The summed E-state index contributed by atoms with van der Waals surface area (Å²) in [6, 6.07) is 29.5. The number of anilines is 1. The van der Waals surface area contributed by atoms with Gasteiger partial charge in [0.1, 0.15) is 11.6 Å². The molecule has 1 aliphatic rings. The number of nitrogens with zero attached hydrogens (tertiary/aromatic N) is 3. The molecule has 0 spiro atoms. The number of sulfonamides is 1. The van der Waals surface area contributed by atoms with Gasteiger partial charge in [-0.3, -0.25) is 9.10 Å². The minimum atomic E-state index is -3.65. The molecule has 0 radical (unpaired) electrons. The van der Waals surface area contributed by atoms with E-state index in [4.69, 9.17) is 28.2 Å². The van der Waals surface area contributed by atoms with E-state index < -0.39 is 15.8 Å². The lowest BCUT2D eigenvalue weighted by molar-refractivity contribution is -0.114. The SMILES string of the molecule is CC(C)c1cccc(-c2ccc(Cc3nc(-c4ccc(Cl)cc4Cl)cn3-c3ccc(N4CC(=O)CS4(=O)=O)cc3)cc2)c1. The molecule has 1 fully saturated rings. The number of carbonyl (C=O) groups is 1. The van der Waals surface area contributed by atoms with Crippen molar-refractivity contribution in [2.45, 2.75) is 26.2 Å². The second-order valence-electron chi connectivity index (χ2n) is 11.0. The van der Waals surface area contributed by atoms with Crippen LogP contribution in [0.3, 0.4) is 0 Å². The zero-order valence-corrected chi connectivity index (χ0v) is 26.0. The molecule has 1 aromatic heterocycles. The van der Waals surface area contributed by atoms with Crippen LogP contribution < -0.4 is 4.31 Å². The summed E-state index contributed by atoms with van der Waals surface area (Å²) in [7, 11) is -3.65. The molecular weight excluding hydrogens is 601 g/mol. The Kier molecular flexibility index (Phi) is 7.90. The van der Waals surface area contributed by atoms with E-state index in [1.54, 1.807) is 24.3 Å². The smallest absolute Gasteiger partial charge is 0.242 e. The van der Waals surface area contributed by atoms with Crippen molar-refractivity contribution in [3.63, 3.8) is 0 Å². The first-order chi connectivity index (χ1) is 20.6. The first-order valence-electron chi connectivity index (χ1n) is 13.9. The Labute approximate surface area is 261 Å². The van der Waals surface area contributed by atoms with E-state index in [0.717, 1.165) is 32.5 Å². The Balaban J connectivity index is 1.34. The number of benzene rings is 4. The predicted octanol–water partition coefficient (Wildman–Crippen LogP) is 7.95. The Hall–Kier alpha value is -3.91. The van der Waals surface area contributed by atoms with Crippen molar-refractivity contribution in [2.75, 3.05) is 16.6 Å². The minimum absolute atomic E-state index is 0.144. The summed E-state index contributed by atoms with van der Waals surface area (Å²) in [6.07, 6.45) is 2.47. The van der Waals surface area contributed by atoms with Gasteiger partial charge in [0.25, 0.3) is 0 Å². The van der Waals surface area contributed by atoms with Crippen LogP contribution in [-0.2, 0) is 21.2 Å². The van der Waals surface area contributed by atoms with Crippen LogP contribution in [0, 0.1) is 0 Å². The zero-order valence-electron chi connectivity index (χ0n) is 23.7. The monoisotopic (exact) mass is 629 g/mol. The van der Waals surface area contributed by atoms with Gasteiger partial charge >= 0.3 is 0 Å². The molecule has 0 N–H and O–H groups in total. The van der Waals surface area contributed by atoms with Crippen LogP contribution in [-0.4, -0.2) is 36.0 Å². The van der Waals surface area contributed by atoms with Crippen LogP contribution in [0.2, 0.25) is 10.0 Å². The number of halogens is 2. The quantitative estimate of drug-likeness (QED) is 0.183. The van der Waals surface area contributed by atoms with Gasteiger partial charge in [-0.25, -0.2) is 13.4 Å². The zero-order chi connectivity index (χ0) is 30.3. The lowest BCUT2D eigenvalue weighted by Crippen LogP contribution is -2.25. The number of imidazole rings is 1. The van der Waals surface area contributed by atoms with Crippen molar-refractivity contribution in [1.82, 2.24) is 9.55 Å². The summed E-state index contributed by atoms with van der Waals surface area (Å²) in [4.78, 5) is 16.8. The summed E-state index contributed by atoms with van der Waals surface area (Å²) in [5.74, 6) is 0.460. The second kappa shape index (κ2) is 11.6. The summed E-state index contributed by atoms with van der Waals surface area (Å²) in [5, 5.41) is 1.04. The van der Waals surface area contributed by atoms with Gasteiger partial charge in [-0.1, -0.05) is 85.6 Å². The fourth-order valence-electron chi connectivity index (χ4n) is 5.29. The molecule has 6 rings (SSSR count). The van der Waals surface area contributed by atoms with Crippen molar-refractivity contribution < 1.29 is 13.2 Å². The highest BCUT2D eigenvalue weighted by molar-refractivity contribution is 7.94. The molecular formula is C34H29Cl2N3O3S. The Morgan fingerprint density at radius 3 is 2.23 bits per heavy atom. The molecule has 1 saturated heterocycles. The lowest BCUT2D eigenvalue weighted by Gasteiger charge is -2.16. The van der Waals surface area contributed by atoms with Gasteiger partial charge in [0.2, 0.25) is 10.0 Å². The normalized spacial score (nSPS) is 14.5. The summed E-state index contributed by atoms with van der Waals surface area (Å²) < 4.78 is 28.0. The molecule has 9 heteroatoms. The van der Waals surface area contributed by atoms with Crippen LogP contribution in [0.1, 0.15) is 36.7 Å². The number of ketones is 1. The molecule has 1 aliphatic heterocycles. The van der Waals surface area contributed by atoms with Crippen molar-refractivity contribution in [2.24, 2.45) is 0 Å². The van der Waals surface area contributed by atoms with E-state index in [9.17, 15) is 13.2 Å². The number of rotatable bonds is 7. The summed E-state index contributed by atoms with van der Waals surface area (Å²) in [5.41, 5.74) is 7.41. The Bertz CT molecular complexity index is 1930. The molecule has 0 aliphatic carbocycles. The highest BCUT2D eigenvalue weighted by Crippen LogP contribution is 2.32. The third kappa shape index (κ3) is 6.11. The number of carbonyl (C=O) groups excluding carboxylic acids is 1. The summed E-state index contributed by atoms with van der Waals surface area (Å²) in [6.45, 7) is 4.24. The second-order valence-corrected chi connectivity index (χ2v) is 13.7. The highest BCUT2D eigenvalue weighted by Gasteiger charge is 2.34. The van der Waals surface area contributed by atoms with Gasteiger partial charge in [0, 0.05) is 28.9 Å². The first-order valence-corrected chi connectivity index (χ1v) is 16.3. The molecule has 2 heterocycles. The molecule has 0 atom stereocenters. The van der Waals surface area contributed by atoms with Crippen molar-refractivity contribution in [1.29, 1.82) is 0 Å². The Morgan fingerprint density at radius 1 is 0.860 bits per heavy atom. The molecule has 5 aromatic rings. The van der Waals surface area contributed by atoms with Crippen LogP contribution in [0.4, 0.5) is 5.69 Å². The van der Waals surface area contributed by atoms with Gasteiger partial charge in [-0.05, 0) is 70.6 Å². The maximum atomic E-state index is 12.4. The van der Waals surface area contributed by atoms with Gasteiger partial charge in [-0.2, -0.15) is 0 Å². The molecule has 0 bridgehead atoms. The molecule has 6 nitrogen and oxygen atoms in total. The van der Waals surface area contributed by atoms with Crippen molar-refractivity contribution >= 4 is 44.7 Å². The van der Waals surface area contributed by atoms with Crippen LogP contribution >= 0.6 is 23.2 Å². The first kappa shape index (κ1) is 29.2. The fraction of sp³-hybridized carbons (Fsp3) is 0.176. The average Bonchev–Trinajstić information content (AvgIpc) is 3.52. The number of Topliss-reactive ketones (excluding diaryl/α,β-unsaturated/α-hetero) is 1. The minimum Gasteiger partial charge on any atom is -0.303 e. The standard InChI is InChI=1S/C34H29Cl2N3O3S/c1-22(2)25-4-3-5-26(17-25)24-8-6-23(7-9-24)16-34-37-33(31-15-10-27(35)18-32(31)36)20-38(34)28-11-13-29(14-12-28)39-19-30(40)21-43(39,41)42/h3-15,17-18,20,22H,16,19,21H2,1-2H3. The molecule has 0 saturated carbocycles. The van der Waals surface area contributed by atoms with E-state index in [0.29, 0.717) is 33.8 Å². The van der Waals surface area contributed by atoms with Crippen LogP contribution in [0.15, 0.2) is 97.2 Å². The van der Waals surface area contributed by atoms with Gasteiger partial charge in [0.05, 0.1) is 22.9 Å². The maximum Gasteiger partial charge on any atom is 0.242 e. The van der Waals surface area contributed by atoms with E-state index in [-0.39, 0.29) is 12.3 Å². The molecule has 43 heavy (non-hydrogen) atoms. The van der Waals surface area contributed by atoms with E-state index in [2.05, 4.69) is 62.4 Å². The molecule has 0 amide bonds. The highest BCUT2D eigenvalue weighted by atomic mass is 35.5. The third-order valence-electron chi connectivity index (χ3n) is 7.60. The average molecular weight is 631 g/mol. The van der Waals surface area contributed by atoms with Crippen LogP contribution in [0.25, 0.3) is 28.1 Å². The predicted molar refractivity (Wildman–Crippen MR) is 174 cm³/mol. The fourth-order valence-corrected chi connectivity index (χ4v) is 7.23. The lowest BCUT2D eigenvalue weighted by atomic mass is 9.96. The van der Waals surface area contributed by atoms with E-state index in [1.165, 1.54) is 11.1 Å². The maximum absolute atomic E-state index is 12.4.